The van der Waals surface area contributed by atoms with Gasteiger partial charge in [0.15, 0.2) is 0 Å². The monoisotopic (exact) mass is 235 g/mol. The van der Waals surface area contributed by atoms with Crippen LogP contribution in [0.15, 0.2) is 30.3 Å². The third-order valence-electron chi connectivity index (χ3n) is 1.95. The normalized spacial score (nSPS) is 9.00. The number of benzene rings is 1. The zero-order valence-corrected chi connectivity index (χ0v) is 11.7. The Hall–Kier alpha value is -1.28. The summed E-state index contributed by atoms with van der Waals surface area (Å²) in [5, 5.41) is 1.29. The average molecular weight is 235 g/mol. The summed E-state index contributed by atoms with van der Waals surface area (Å²) in [7, 11) is 1.68. The lowest BCUT2D eigenvalue weighted by Gasteiger charge is -1.83. The number of aromatic amines is 1. The first-order valence-corrected chi connectivity index (χ1v) is 6.22. The molecular weight excluding hydrogens is 210 g/mol. The molecule has 0 atom stereocenters. The maximum absolute atomic E-state index is 4.54. The van der Waals surface area contributed by atoms with Crippen molar-refractivity contribution in [3.05, 3.63) is 36.0 Å². The molecule has 0 saturated heterocycles. The van der Waals surface area contributed by atoms with Gasteiger partial charge in [-0.15, -0.1) is 0 Å². The largest absolute Gasteiger partial charge is 0.385 e. The number of hydrogen-bond donors (Lipinski definition) is 1. The predicted octanol–water partition coefficient (Wildman–Crippen LogP) is 4.55. The van der Waals surface area contributed by atoms with E-state index in [1.54, 1.807) is 7.11 Å². The Morgan fingerprint density at radius 1 is 1.12 bits per heavy atom. The van der Waals surface area contributed by atoms with Gasteiger partial charge in [0.1, 0.15) is 0 Å². The summed E-state index contributed by atoms with van der Waals surface area (Å²) in [5.41, 5.74) is 2.45. The van der Waals surface area contributed by atoms with E-state index in [-0.39, 0.29) is 0 Å². The molecule has 0 fully saturated rings. The molecule has 0 aliphatic heterocycles. The molecule has 1 N–H and O–H groups in total. The van der Waals surface area contributed by atoms with E-state index in [9.17, 15) is 0 Å². The van der Waals surface area contributed by atoms with Crippen LogP contribution in [-0.4, -0.2) is 18.7 Å². The molecule has 0 amide bonds. The van der Waals surface area contributed by atoms with E-state index in [1.165, 1.54) is 23.0 Å². The maximum Gasteiger partial charge on any atom is 0.0455 e. The van der Waals surface area contributed by atoms with E-state index in [1.807, 2.05) is 13.0 Å². The first kappa shape index (κ1) is 15.7. The number of aryl methyl sites for hydroxylation is 1. The highest BCUT2D eigenvalue weighted by molar-refractivity contribution is 5.79. The van der Waals surface area contributed by atoms with E-state index in [4.69, 9.17) is 0 Å². The zero-order valence-electron chi connectivity index (χ0n) is 11.7. The van der Waals surface area contributed by atoms with Gasteiger partial charge >= 0.3 is 0 Å². The lowest BCUT2D eigenvalue weighted by Crippen LogP contribution is -1.73. The molecule has 0 aliphatic rings. The topological polar surface area (TPSA) is 25.0 Å². The van der Waals surface area contributed by atoms with Crippen LogP contribution in [0, 0.1) is 6.92 Å². The van der Waals surface area contributed by atoms with Gasteiger partial charge < -0.3 is 9.72 Å². The highest BCUT2D eigenvalue weighted by atomic mass is 16.5. The Labute approximate surface area is 105 Å². The number of rotatable bonds is 1. The number of hydrogen-bond acceptors (Lipinski definition) is 1. The smallest absolute Gasteiger partial charge is 0.0455 e. The molecule has 1 aromatic heterocycles. The molecule has 0 bridgehead atoms. The summed E-state index contributed by atoms with van der Waals surface area (Å²) >= 11 is 0. The van der Waals surface area contributed by atoms with Gasteiger partial charge in [0.2, 0.25) is 0 Å². The van der Waals surface area contributed by atoms with Crippen LogP contribution in [0.25, 0.3) is 10.9 Å². The van der Waals surface area contributed by atoms with Gasteiger partial charge in [0, 0.05) is 24.9 Å². The van der Waals surface area contributed by atoms with Gasteiger partial charge in [0.05, 0.1) is 0 Å². The summed E-state index contributed by atoms with van der Waals surface area (Å²) in [6.45, 7) is 9.10. The van der Waals surface area contributed by atoms with Crippen LogP contribution in [-0.2, 0) is 4.74 Å². The molecule has 0 aliphatic carbocycles. The minimum Gasteiger partial charge on any atom is -0.385 e. The molecule has 1 aromatic carbocycles. The van der Waals surface area contributed by atoms with Gasteiger partial charge in [-0.05, 0) is 31.4 Å². The second-order valence-electron chi connectivity index (χ2n) is 3.82. The Kier molecular flexibility index (Phi) is 9.17. The molecule has 0 saturated carbocycles. The molecule has 17 heavy (non-hydrogen) atoms. The first-order valence-electron chi connectivity index (χ1n) is 6.22. The summed E-state index contributed by atoms with van der Waals surface area (Å²) < 4.78 is 4.54. The van der Waals surface area contributed by atoms with Crippen molar-refractivity contribution in [1.29, 1.82) is 0 Å². The fourth-order valence-corrected chi connectivity index (χ4v) is 1.22. The molecule has 1 heterocycles. The molecule has 0 radical (unpaired) electrons. The SMILES string of the molecule is CCC.CCOC.Cc1cc2ccccc2[nH]1. The van der Waals surface area contributed by atoms with Crippen molar-refractivity contribution in [2.24, 2.45) is 0 Å². The Morgan fingerprint density at radius 3 is 2.12 bits per heavy atom. The van der Waals surface area contributed by atoms with Crippen molar-refractivity contribution in [1.82, 2.24) is 4.98 Å². The average Bonchev–Trinajstić information content (AvgIpc) is 2.70. The molecule has 2 heteroatoms. The second kappa shape index (κ2) is 9.91. The minimum absolute atomic E-state index is 0.819. The minimum atomic E-state index is 0.819. The van der Waals surface area contributed by atoms with Crippen molar-refractivity contribution in [2.45, 2.75) is 34.1 Å². The Bertz CT molecular complexity index is 357. The van der Waals surface area contributed by atoms with E-state index >= 15 is 0 Å². The third-order valence-corrected chi connectivity index (χ3v) is 1.95. The Balaban J connectivity index is 0.000000311. The first-order chi connectivity index (χ1) is 8.19. The van der Waals surface area contributed by atoms with Crippen molar-refractivity contribution in [2.75, 3.05) is 13.7 Å². The molecule has 2 aromatic rings. The van der Waals surface area contributed by atoms with Gasteiger partial charge in [0.25, 0.3) is 0 Å². The summed E-state index contributed by atoms with van der Waals surface area (Å²) in [4.78, 5) is 3.26. The fraction of sp³-hybridized carbons (Fsp3) is 0.467. The zero-order chi connectivity index (χ0) is 13.1. The lowest BCUT2D eigenvalue weighted by molar-refractivity contribution is 0.215. The molecule has 0 spiro atoms. The number of fused-ring (bicyclic) bond motifs is 1. The van der Waals surface area contributed by atoms with Crippen LogP contribution >= 0.6 is 0 Å². The van der Waals surface area contributed by atoms with Crippen LogP contribution in [0.1, 0.15) is 32.9 Å². The summed E-state index contributed by atoms with van der Waals surface area (Å²) in [5.74, 6) is 0. The standard InChI is InChI=1S/C9H9N.C3H8O.C3H8/c1-7-6-8-4-2-3-5-9(8)10-7;1-3-4-2;1-3-2/h2-6,10H,1H3;3H2,1-2H3;3H2,1-2H3. The fourth-order valence-electron chi connectivity index (χ4n) is 1.22. The number of methoxy groups -OCH3 is 1. The highest BCUT2D eigenvalue weighted by Crippen LogP contribution is 2.12. The number of para-hydroxylation sites is 1. The van der Waals surface area contributed by atoms with E-state index in [2.05, 4.69) is 54.8 Å². The highest BCUT2D eigenvalue weighted by Gasteiger charge is 1.92. The molecule has 96 valence electrons. The molecule has 2 rings (SSSR count). The van der Waals surface area contributed by atoms with Crippen LogP contribution in [0.5, 0.6) is 0 Å². The predicted molar refractivity (Wildman–Crippen MR) is 76.6 cm³/mol. The van der Waals surface area contributed by atoms with Gasteiger partial charge in [-0.1, -0.05) is 38.5 Å². The van der Waals surface area contributed by atoms with Crippen LogP contribution < -0.4 is 0 Å². The number of ether oxygens (including phenoxy) is 1. The van der Waals surface area contributed by atoms with Crippen LogP contribution in [0.3, 0.4) is 0 Å². The van der Waals surface area contributed by atoms with Crippen LogP contribution in [0.4, 0.5) is 0 Å². The van der Waals surface area contributed by atoms with Crippen molar-refractivity contribution in [3.8, 4) is 0 Å². The van der Waals surface area contributed by atoms with Crippen molar-refractivity contribution in [3.63, 3.8) is 0 Å². The van der Waals surface area contributed by atoms with E-state index < -0.39 is 0 Å². The van der Waals surface area contributed by atoms with E-state index in [0.717, 1.165) is 6.61 Å². The Morgan fingerprint density at radius 2 is 1.65 bits per heavy atom. The summed E-state index contributed by atoms with van der Waals surface area (Å²) in [6.07, 6.45) is 1.25. The molecular formula is C15H25NO. The van der Waals surface area contributed by atoms with Gasteiger partial charge in [-0.3, -0.25) is 0 Å². The third kappa shape index (κ3) is 6.80. The van der Waals surface area contributed by atoms with Gasteiger partial charge in [-0.25, -0.2) is 0 Å². The maximum atomic E-state index is 4.54. The van der Waals surface area contributed by atoms with Crippen LogP contribution in [0.2, 0.25) is 0 Å². The van der Waals surface area contributed by atoms with E-state index in [0.29, 0.717) is 0 Å². The van der Waals surface area contributed by atoms with Crippen molar-refractivity contribution < 1.29 is 4.74 Å². The number of nitrogens with one attached hydrogen (secondary N) is 1. The number of aromatic nitrogens is 1. The molecule has 2 nitrogen and oxygen atoms in total. The molecule has 0 unspecified atom stereocenters. The van der Waals surface area contributed by atoms with Gasteiger partial charge in [-0.2, -0.15) is 0 Å². The lowest BCUT2D eigenvalue weighted by atomic mass is 10.2. The quantitative estimate of drug-likeness (QED) is 0.771. The number of H-pyrrole nitrogens is 1. The summed E-state index contributed by atoms with van der Waals surface area (Å²) in [6, 6.07) is 10.4. The second-order valence-corrected chi connectivity index (χ2v) is 3.82. The van der Waals surface area contributed by atoms with Crippen molar-refractivity contribution >= 4 is 10.9 Å².